The molecule has 0 aromatic carbocycles. The van der Waals surface area contributed by atoms with E-state index >= 15 is 0 Å². The summed E-state index contributed by atoms with van der Waals surface area (Å²) in [5.74, 6) is 0.250. The van der Waals surface area contributed by atoms with E-state index < -0.39 is 0 Å². The fourth-order valence-corrected chi connectivity index (χ4v) is 2.97. The van der Waals surface area contributed by atoms with Crippen molar-refractivity contribution in [3.63, 3.8) is 0 Å². The van der Waals surface area contributed by atoms with Gasteiger partial charge in [0, 0.05) is 36.7 Å². The number of carbonyl (C=O) groups excluding carboxylic acids is 1. The molecule has 0 aliphatic heterocycles. The van der Waals surface area contributed by atoms with Crippen molar-refractivity contribution < 1.29 is 4.79 Å². The van der Waals surface area contributed by atoms with Crippen molar-refractivity contribution >= 4 is 5.91 Å². The first-order chi connectivity index (χ1) is 11.3. The van der Waals surface area contributed by atoms with Crippen LogP contribution in [0.4, 0.5) is 0 Å². The largest absolute Gasteiger partial charge is 0.333 e. The molecule has 1 saturated carbocycles. The molecule has 3 rings (SSSR count). The van der Waals surface area contributed by atoms with Crippen LogP contribution in [0.1, 0.15) is 49.9 Å². The quantitative estimate of drug-likeness (QED) is 0.785. The van der Waals surface area contributed by atoms with Crippen LogP contribution in [-0.2, 0) is 11.2 Å². The SMILES string of the molecule is C[C@@H](c1cccnc1)N(C(=O)CCCc1ccccn1)C1CC1. The Balaban J connectivity index is 1.59. The minimum atomic E-state index is 0.0959. The van der Waals surface area contributed by atoms with E-state index in [2.05, 4.69) is 21.8 Å². The molecule has 0 saturated heterocycles. The standard InChI is InChI=1S/C19H23N3O/c1-15(16-6-5-12-20-14-16)22(18-10-11-18)19(23)9-4-8-17-7-2-3-13-21-17/h2-3,5-7,12-15,18H,4,8-11H2,1H3/t15-/m0/s1. The van der Waals surface area contributed by atoms with Gasteiger partial charge in [0.2, 0.25) is 5.91 Å². The minimum absolute atomic E-state index is 0.0959. The lowest BCUT2D eigenvalue weighted by molar-refractivity contribution is -0.134. The van der Waals surface area contributed by atoms with E-state index in [0.717, 1.165) is 36.9 Å². The van der Waals surface area contributed by atoms with Gasteiger partial charge in [-0.05, 0) is 56.4 Å². The van der Waals surface area contributed by atoms with Crippen molar-refractivity contribution in [3.8, 4) is 0 Å². The summed E-state index contributed by atoms with van der Waals surface area (Å²) in [6.45, 7) is 2.10. The molecule has 120 valence electrons. The zero-order chi connectivity index (χ0) is 16.1. The molecule has 0 unspecified atom stereocenters. The lowest BCUT2D eigenvalue weighted by atomic mass is 10.1. The van der Waals surface area contributed by atoms with Gasteiger partial charge in [0.15, 0.2) is 0 Å². The molecule has 23 heavy (non-hydrogen) atoms. The maximum absolute atomic E-state index is 12.7. The van der Waals surface area contributed by atoms with Crippen LogP contribution in [0.25, 0.3) is 0 Å². The molecule has 2 heterocycles. The number of carbonyl (C=O) groups is 1. The number of amides is 1. The monoisotopic (exact) mass is 309 g/mol. The molecule has 0 N–H and O–H groups in total. The van der Waals surface area contributed by atoms with Crippen molar-refractivity contribution in [1.29, 1.82) is 0 Å². The van der Waals surface area contributed by atoms with Crippen LogP contribution in [-0.4, -0.2) is 26.8 Å². The number of nitrogens with zero attached hydrogens (tertiary/aromatic N) is 3. The molecule has 0 radical (unpaired) electrons. The van der Waals surface area contributed by atoms with E-state index in [9.17, 15) is 4.79 Å². The van der Waals surface area contributed by atoms with Gasteiger partial charge >= 0.3 is 0 Å². The van der Waals surface area contributed by atoms with Crippen LogP contribution in [0.2, 0.25) is 0 Å². The van der Waals surface area contributed by atoms with E-state index in [1.54, 1.807) is 12.4 Å². The van der Waals surface area contributed by atoms with E-state index in [-0.39, 0.29) is 11.9 Å². The lowest BCUT2D eigenvalue weighted by Crippen LogP contribution is -2.35. The first kappa shape index (κ1) is 15.7. The number of aryl methyl sites for hydroxylation is 1. The van der Waals surface area contributed by atoms with Crippen LogP contribution in [0.15, 0.2) is 48.9 Å². The Labute approximate surface area is 137 Å². The van der Waals surface area contributed by atoms with Crippen LogP contribution in [0.3, 0.4) is 0 Å². The number of pyridine rings is 2. The smallest absolute Gasteiger partial charge is 0.223 e. The van der Waals surface area contributed by atoms with Gasteiger partial charge in [0.25, 0.3) is 0 Å². The van der Waals surface area contributed by atoms with Gasteiger partial charge in [0.1, 0.15) is 0 Å². The predicted molar refractivity (Wildman–Crippen MR) is 89.7 cm³/mol. The van der Waals surface area contributed by atoms with Gasteiger partial charge in [-0.3, -0.25) is 14.8 Å². The molecule has 4 nitrogen and oxygen atoms in total. The van der Waals surface area contributed by atoms with E-state index in [4.69, 9.17) is 0 Å². The van der Waals surface area contributed by atoms with Crippen molar-refractivity contribution in [3.05, 3.63) is 60.2 Å². The van der Waals surface area contributed by atoms with Gasteiger partial charge in [0.05, 0.1) is 6.04 Å². The molecule has 1 amide bonds. The van der Waals surface area contributed by atoms with Crippen LogP contribution >= 0.6 is 0 Å². The molecule has 0 bridgehead atoms. The molecule has 4 heteroatoms. The second kappa shape index (κ2) is 7.36. The van der Waals surface area contributed by atoms with Gasteiger partial charge in [-0.25, -0.2) is 0 Å². The highest BCUT2D eigenvalue weighted by atomic mass is 16.2. The maximum Gasteiger partial charge on any atom is 0.223 e. The summed E-state index contributed by atoms with van der Waals surface area (Å²) in [4.78, 5) is 23.3. The van der Waals surface area contributed by atoms with Gasteiger partial charge in [-0.2, -0.15) is 0 Å². The fourth-order valence-electron chi connectivity index (χ4n) is 2.97. The van der Waals surface area contributed by atoms with Gasteiger partial charge in [-0.1, -0.05) is 12.1 Å². The predicted octanol–water partition coefficient (Wildman–Crippen LogP) is 3.55. The minimum Gasteiger partial charge on any atom is -0.333 e. The fraction of sp³-hybridized carbons (Fsp3) is 0.421. The number of aromatic nitrogens is 2. The van der Waals surface area contributed by atoms with Crippen molar-refractivity contribution in [2.75, 3.05) is 0 Å². The normalized spacial score (nSPS) is 15.2. The summed E-state index contributed by atoms with van der Waals surface area (Å²) >= 11 is 0. The Morgan fingerprint density at radius 3 is 2.78 bits per heavy atom. The Morgan fingerprint density at radius 1 is 1.26 bits per heavy atom. The highest BCUT2D eigenvalue weighted by Gasteiger charge is 2.35. The molecule has 1 aliphatic rings. The molecule has 2 aromatic rings. The first-order valence-electron chi connectivity index (χ1n) is 8.36. The molecule has 1 aliphatic carbocycles. The summed E-state index contributed by atoms with van der Waals surface area (Å²) in [6, 6.07) is 10.4. The Morgan fingerprint density at radius 2 is 2.13 bits per heavy atom. The van der Waals surface area contributed by atoms with Crippen LogP contribution in [0.5, 0.6) is 0 Å². The summed E-state index contributed by atoms with van der Waals surface area (Å²) in [6.07, 6.45) is 9.96. The molecular weight excluding hydrogens is 286 g/mol. The average Bonchev–Trinajstić information content (AvgIpc) is 3.41. The summed E-state index contributed by atoms with van der Waals surface area (Å²) in [5.41, 5.74) is 2.16. The van der Waals surface area contributed by atoms with Gasteiger partial charge in [-0.15, -0.1) is 0 Å². The Kier molecular flexibility index (Phi) is 5.01. The van der Waals surface area contributed by atoms with E-state index in [1.807, 2.05) is 36.5 Å². The van der Waals surface area contributed by atoms with Crippen molar-refractivity contribution in [2.45, 2.75) is 51.1 Å². The number of rotatable bonds is 7. The zero-order valence-electron chi connectivity index (χ0n) is 13.6. The lowest BCUT2D eigenvalue weighted by Gasteiger charge is -2.29. The average molecular weight is 309 g/mol. The summed E-state index contributed by atoms with van der Waals surface area (Å²) in [7, 11) is 0. The van der Waals surface area contributed by atoms with Gasteiger partial charge < -0.3 is 4.90 Å². The number of hydrogen-bond acceptors (Lipinski definition) is 3. The summed E-state index contributed by atoms with van der Waals surface area (Å²) < 4.78 is 0. The van der Waals surface area contributed by atoms with Crippen LogP contribution < -0.4 is 0 Å². The summed E-state index contributed by atoms with van der Waals surface area (Å²) in [5, 5.41) is 0. The highest BCUT2D eigenvalue weighted by Crippen LogP contribution is 2.34. The highest BCUT2D eigenvalue weighted by molar-refractivity contribution is 5.77. The third-order valence-electron chi connectivity index (χ3n) is 4.36. The first-order valence-corrected chi connectivity index (χ1v) is 8.36. The van der Waals surface area contributed by atoms with Crippen LogP contribution in [0, 0.1) is 0 Å². The Bertz CT molecular complexity index is 626. The molecular formula is C19H23N3O. The molecule has 0 spiro atoms. The third-order valence-corrected chi connectivity index (χ3v) is 4.36. The van der Waals surface area contributed by atoms with E-state index in [0.29, 0.717) is 12.5 Å². The topological polar surface area (TPSA) is 46.1 Å². The second-order valence-electron chi connectivity index (χ2n) is 6.17. The molecule has 1 atom stereocenters. The number of hydrogen-bond donors (Lipinski definition) is 0. The second-order valence-corrected chi connectivity index (χ2v) is 6.17. The van der Waals surface area contributed by atoms with Crippen molar-refractivity contribution in [1.82, 2.24) is 14.9 Å². The Hall–Kier alpha value is -2.23. The molecule has 1 fully saturated rings. The van der Waals surface area contributed by atoms with E-state index in [1.165, 1.54) is 0 Å². The third kappa shape index (κ3) is 4.15. The zero-order valence-corrected chi connectivity index (χ0v) is 13.6. The maximum atomic E-state index is 12.7. The molecule has 2 aromatic heterocycles. The van der Waals surface area contributed by atoms with Crippen molar-refractivity contribution in [2.24, 2.45) is 0 Å².